The monoisotopic (exact) mass is 305 g/mol. The van der Waals surface area contributed by atoms with Crippen LogP contribution in [0.1, 0.15) is 16.5 Å². The number of carbonyl (C=O) groups is 1. The molecular formula is C16H13F2NOS. The van der Waals surface area contributed by atoms with Crippen molar-refractivity contribution in [3.63, 3.8) is 0 Å². The zero-order chi connectivity index (χ0) is 15.0. The highest BCUT2D eigenvalue weighted by Gasteiger charge is 2.35. The molecule has 1 fully saturated rings. The van der Waals surface area contributed by atoms with Crippen LogP contribution >= 0.6 is 11.8 Å². The number of hydrogen-bond acceptors (Lipinski definition) is 2. The number of thioether (sulfide) groups is 1. The highest BCUT2D eigenvalue weighted by atomic mass is 32.2. The summed E-state index contributed by atoms with van der Waals surface area (Å²) in [5.41, 5.74) is 2.06. The molecule has 1 unspecified atom stereocenters. The van der Waals surface area contributed by atoms with E-state index in [0.29, 0.717) is 17.0 Å². The fraction of sp³-hybridized carbons (Fsp3) is 0.188. The first-order valence-electron chi connectivity index (χ1n) is 6.51. The van der Waals surface area contributed by atoms with Gasteiger partial charge in [0.15, 0.2) is 0 Å². The average molecular weight is 305 g/mol. The van der Waals surface area contributed by atoms with Crippen LogP contribution in [0.2, 0.25) is 0 Å². The predicted molar refractivity (Wildman–Crippen MR) is 80.2 cm³/mol. The minimum absolute atomic E-state index is 0.0945. The van der Waals surface area contributed by atoms with Gasteiger partial charge in [0.25, 0.3) is 0 Å². The fourth-order valence-electron chi connectivity index (χ4n) is 2.43. The number of carbonyl (C=O) groups excluding carboxylic acids is 1. The Labute approximate surface area is 125 Å². The van der Waals surface area contributed by atoms with Gasteiger partial charge >= 0.3 is 0 Å². The van der Waals surface area contributed by atoms with E-state index in [9.17, 15) is 13.6 Å². The van der Waals surface area contributed by atoms with Gasteiger partial charge in [0, 0.05) is 0 Å². The van der Waals surface area contributed by atoms with Crippen molar-refractivity contribution in [2.45, 2.75) is 12.3 Å². The smallest absolute Gasteiger partial charge is 0.238 e. The maximum Gasteiger partial charge on any atom is 0.238 e. The van der Waals surface area contributed by atoms with Crippen LogP contribution in [-0.4, -0.2) is 11.7 Å². The molecule has 1 heterocycles. The van der Waals surface area contributed by atoms with E-state index in [-0.39, 0.29) is 17.1 Å². The van der Waals surface area contributed by atoms with Crippen molar-refractivity contribution in [2.24, 2.45) is 0 Å². The molecule has 2 nitrogen and oxygen atoms in total. The molecule has 0 aromatic heterocycles. The zero-order valence-corrected chi connectivity index (χ0v) is 12.2. The molecule has 1 aliphatic rings. The van der Waals surface area contributed by atoms with E-state index < -0.39 is 5.82 Å². The van der Waals surface area contributed by atoms with Gasteiger partial charge in [-0.3, -0.25) is 9.69 Å². The van der Waals surface area contributed by atoms with Crippen LogP contribution in [-0.2, 0) is 4.79 Å². The molecule has 0 aliphatic carbocycles. The molecular weight excluding hydrogens is 292 g/mol. The molecule has 2 aromatic carbocycles. The van der Waals surface area contributed by atoms with E-state index in [0.717, 1.165) is 5.56 Å². The summed E-state index contributed by atoms with van der Waals surface area (Å²) in [7, 11) is 0. The SMILES string of the molecule is Cc1ccc(F)cc1N1C(=O)CSC1c1cccc(F)c1. The van der Waals surface area contributed by atoms with Crippen LogP contribution in [0, 0.1) is 18.6 Å². The molecule has 1 atom stereocenters. The van der Waals surface area contributed by atoms with Crippen LogP contribution < -0.4 is 4.90 Å². The number of halogens is 2. The van der Waals surface area contributed by atoms with Crippen molar-refractivity contribution < 1.29 is 13.6 Å². The summed E-state index contributed by atoms with van der Waals surface area (Å²) in [5, 5.41) is -0.325. The number of amides is 1. The van der Waals surface area contributed by atoms with Gasteiger partial charge in [0.1, 0.15) is 17.0 Å². The Kier molecular flexibility index (Phi) is 3.68. The second-order valence-corrected chi connectivity index (χ2v) is 5.98. The second kappa shape index (κ2) is 5.48. The molecule has 3 rings (SSSR count). The van der Waals surface area contributed by atoms with Crippen LogP contribution in [0.4, 0.5) is 14.5 Å². The summed E-state index contributed by atoms with van der Waals surface area (Å²) < 4.78 is 26.9. The number of aryl methyl sites for hydroxylation is 1. The van der Waals surface area contributed by atoms with Gasteiger partial charge in [0.2, 0.25) is 5.91 Å². The third-order valence-corrected chi connectivity index (χ3v) is 4.64. The highest BCUT2D eigenvalue weighted by Crippen LogP contribution is 2.42. The Bertz CT molecular complexity index is 704. The van der Waals surface area contributed by atoms with E-state index in [2.05, 4.69) is 0 Å². The van der Waals surface area contributed by atoms with Gasteiger partial charge < -0.3 is 0 Å². The van der Waals surface area contributed by atoms with Crippen molar-refractivity contribution in [3.05, 3.63) is 65.2 Å². The highest BCUT2D eigenvalue weighted by molar-refractivity contribution is 8.00. The number of benzene rings is 2. The van der Waals surface area contributed by atoms with Crippen LogP contribution in [0.3, 0.4) is 0 Å². The number of rotatable bonds is 2. The van der Waals surface area contributed by atoms with E-state index in [4.69, 9.17) is 0 Å². The Balaban J connectivity index is 2.06. The molecule has 108 valence electrons. The summed E-state index contributed by atoms with van der Waals surface area (Å²) in [6, 6.07) is 10.5. The molecule has 5 heteroatoms. The fourth-order valence-corrected chi connectivity index (χ4v) is 3.59. The van der Waals surface area contributed by atoms with Crippen molar-refractivity contribution in [1.29, 1.82) is 0 Å². The maximum atomic E-state index is 13.5. The van der Waals surface area contributed by atoms with Crippen LogP contribution in [0.15, 0.2) is 42.5 Å². The normalized spacial score (nSPS) is 18.3. The molecule has 0 N–H and O–H groups in total. The first kappa shape index (κ1) is 14.1. The van der Waals surface area contributed by atoms with Crippen LogP contribution in [0.5, 0.6) is 0 Å². The van der Waals surface area contributed by atoms with Gasteiger partial charge in [-0.15, -0.1) is 11.8 Å². The van der Waals surface area contributed by atoms with Gasteiger partial charge in [0.05, 0.1) is 11.4 Å². The Hall–Kier alpha value is -1.88. The van der Waals surface area contributed by atoms with E-state index in [1.165, 1.54) is 36.0 Å². The number of hydrogen-bond donors (Lipinski definition) is 0. The van der Waals surface area contributed by atoms with Gasteiger partial charge in [-0.05, 0) is 42.3 Å². The molecule has 21 heavy (non-hydrogen) atoms. The van der Waals surface area contributed by atoms with Gasteiger partial charge in [-0.2, -0.15) is 0 Å². The molecule has 1 amide bonds. The number of nitrogens with zero attached hydrogens (tertiary/aromatic N) is 1. The molecule has 2 aromatic rings. The molecule has 1 saturated heterocycles. The first-order chi connectivity index (χ1) is 10.1. The third-order valence-electron chi connectivity index (χ3n) is 3.43. The van der Waals surface area contributed by atoms with Crippen molar-refractivity contribution in [1.82, 2.24) is 0 Å². The largest absolute Gasteiger partial charge is 0.295 e. The Morgan fingerprint density at radius 1 is 1.14 bits per heavy atom. The first-order valence-corrected chi connectivity index (χ1v) is 7.56. The lowest BCUT2D eigenvalue weighted by Crippen LogP contribution is -2.28. The lowest BCUT2D eigenvalue weighted by Gasteiger charge is -2.26. The van der Waals surface area contributed by atoms with Crippen LogP contribution in [0.25, 0.3) is 0 Å². The average Bonchev–Trinajstić information content (AvgIpc) is 2.83. The standard InChI is InChI=1S/C16H13F2NOS/c1-10-5-6-13(18)8-14(10)19-15(20)9-21-16(19)11-3-2-4-12(17)7-11/h2-8,16H,9H2,1H3. The van der Waals surface area contributed by atoms with Gasteiger partial charge in [-0.1, -0.05) is 18.2 Å². The van der Waals surface area contributed by atoms with Crippen molar-refractivity contribution >= 4 is 23.4 Å². The molecule has 0 radical (unpaired) electrons. The predicted octanol–water partition coefficient (Wildman–Crippen LogP) is 4.05. The maximum absolute atomic E-state index is 13.5. The minimum Gasteiger partial charge on any atom is -0.295 e. The lowest BCUT2D eigenvalue weighted by atomic mass is 10.1. The van der Waals surface area contributed by atoms with E-state index >= 15 is 0 Å². The Morgan fingerprint density at radius 2 is 1.90 bits per heavy atom. The summed E-state index contributed by atoms with van der Waals surface area (Å²) >= 11 is 1.42. The molecule has 0 bridgehead atoms. The lowest BCUT2D eigenvalue weighted by molar-refractivity contribution is -0.115. The summed E-state index contributed by atoms with van der Waals surface area (Å²) in [6.45, 7) is 1.83. The summed E-state index contributed by atoms with van der Waals surface area (Å²) in [5.74, 6) is -0.526. The molecule has 0 spiro atoms. The molecule has 1 aliphatic heterocycles. The topological polar surface area (TPSA) is 20.3 Å². The Morgan fingerprint density at radius 3 is 2.67 bits per heavy atom. The summed E-state index contributed by atoms with van der Waals surface area (Å²) in [4.78, 5) is 13.7. The van der Waals surface area contributed by atoms with Crippen molar-refractivity contribution in [3.8, 4) is 0 Å². The van der Waals surface area contributed by atoms with Gasteiger partial charge in [-0.25, -0.2) is 8.78 Å². The van der Waals surface area contributed by atoms with E-state index in [1.807, 2.05) is 6.92 Å². The second-order valence-electron chi connectivity index (χ2n) is 4.91. The third kappa shape index (κ3) is 2.65. The quantitative estimate of drug-likeness (QED) is 0.834. The minimum atomic E-state index is -0.390. The number of anilines is 1. The summed E-state index contributed by atoms with van der Waals surface area (Å²) in [6.07, 6.45) is 0. The van der Waals surface area contributed by atoms with E-state index in [1.54, 1.807) is 23.1 Å². The zero-order valence-electron chi connectivity index (χ0n) is 11.3. The molecule has 0 saturated carbocycles. The van der Waals surface area contributed by atoms with Crippen molar-refractivity contribution in [2.75, 3.05) is 10.7 Å².